The van der Waals surface area contributed by atoms with E-state index in [0.29, 0.717) is 28.7 Å². The van der Waals surface area contributed by atoms with E-state index in [1.807, 2.05) is 0 Å². The molecule has 2 saturated carbocycles. The van der Waals surface area contributed by atoms with Gasteiger partial charge in [-0.1, -0.05) is 5.57 Å². The predicted octanol–water partition coefficient (Wildman–Crippen LogP) is 6.07. The van der Waals surface area contributed by atoms with Crippen molar-refractivity contribution in [1.29, 1.82) is 0 Å². The fraction of sp³-hybridized carbons (Fsp3) is 0.400. The highest BCUT2D eigenvalue weighted by atomic mass is 32.2. The molecule has 248 valence electrons. The van der Waals surface area contributed by atoms with Gasteiger partial charge in [0.05, 0.1) is 29.2 Å². The fourth-order valence-electron chi connectivity index (χ4n) is 6.94. The van der Waals surface area contributed by atoms with Gasteiger partial charge < -0.3 is 0 Å². The molecule has 0 aliphatic heterocycles. The first-order chi connectivity index (χ1) is 22.1. The number of carbonyl (C=O) groups is 1. The molecule has 0 unspecified atom stereocenters. The van der Waals surface area contributed by atoms with Gasteiger partial charge in [0.1, 0.15) is 10.7 Å². The maximum atomic E-state index is 14.4. The van der Waals surface area contributed by atoms with E-state index in [-0.39, 0.29) is 42.0 Å². The summed E-state index contributed by atoms with van der Waals surface area (Å²) < 4.78 is 115. The van der Waals surface area contributed by atoms with Crippen molar-refractivity contribution in [2.45, 2.75) is 67.7 Å². The number of carbonyl (C=O) groups excluding carboxylic acids is 1. The standard InChI is InChI=1S/C30H26F6N6O3S2/c1-40-9-8-25(39-40)47(44,45)42(22-13-29(32,33)14-22)21-5-2-18-10-23-17(15-38-41(23)20-6-3-19(31)4-7-20)11-28(18,12-21)26(43)27-37-16-24(46-27)30(34,35)36/h3-4,6-10,15-16,21-22H,2,5,11-14H2,1H3/t21-,28-/m0/s1. The molecule has 47 heavy (non-hydrogen) atoms. The number of thiazole rings is 1. The van der Waals surface area contributed by atoms with Crippen LogP contribution in [0.15, 0.2) is 59.5 Å². The zero-order valence-corrected chi connectivity index (χ0v) is 26.2. The van der Waals surface area contributed by atoms with Gasteiger partial charge >= 0.3 is 6.18 Å². The number of hydrogen-bond donors (Lipinski definition) is 0. The number of sulfonamides is 1. The Morgan fingerprint density at radius 3 is 2.40 bits per heavy atom. The summed E-state index contributed by atoms with van der Waals surface area (Å²) in [6, 6.07) is 4.80. The first kappa shape index (κ1) is 31.8. The normalized spacial score (nSPS) is 22.8. The molecule has 3 heterocycles. The van der Waals surface area contributed by atoms with Crippen LogP contribution >= 0.6 is 11.3 Å². The van der Waals surface area contributed by atoms with Crippen molar-refractivity contribution < 1.29 is 39.6 Å². The molecular formula is C30H26F6N6O3S2. The summed E-state index contributed by atoms with van der Waals surface area (Å²) in [5.74, 6) is -4.24. The molecule has 0 spiro atoms. The zero-order chi connectivity index (χ0) is 33.5. The number of aryl methyl sites for hydroxylation is 1. The van der Waals surface area contributed by atoms with E-state index in [0.717, 1.165) is 4.31 Å². The van der Waals surface area contributed by atoms with Crippen LogP contribution in [0.5, 0.6) is 0 Å². The van der Waals surface area contributed by atoms with Crippen LogP contribution in [0.3, 0.4) is 0 Å². The molecule has 3 aliphatic rings. The Kier molecular flexibility index (Phi) is 7.33. The van der Waals surface area contributed by atoms with E-state index >= 15 is 0 Å². The smallest absolute Gasteiger partial charge is 0.290 e. The molecule has 2 atom stereocenters. The quantitative estimate of drug-likeness (QED) is 0.172. The Bertz CT molecular complexity index is 2010. The van der Waals surface area contributed by atoms with Gasteiger partial charge in [0, 0.05) is 38.2 Å². The Morgan fingerprint density at radius 1 is 1.06 bits per heavy atom. The summed E-state index contributed by atoms with van der Waals surface area (Å²) in [6.07, 6.45) is -0.884. The molecule has 7 rings (SSSR count). The average Bonchev–Trinajstić information content (AvgIpc) is 3.75. The molecule has 17 heteroatoms. The second-order valence-corrected chi connectivity index (χ2v) is 15.0. The van der Waals surface area contributed by atoms with Crippen molar-refractivity contribution in [2.75, 3.05) is 0 Å². The Labute approximate surface area is 268 Å². The molecule has 3 aromatic heterocycles. The van der Waals surface area contributed by atoms with E-state index in [1.165, 1.54) is 54.5 Å². The lowest BCUT2D eigenvalue weighted by Crippen LogP contribution is -2.59. The second-order valence-electron chi connectivity index (χ2n) is 12.2. The number of halogens is 6. The SMILES string of the molecule is Cn1ccc(S(=O)(=O)N(C2CC(F)(F)C2)[C@H]2CCC3=Cc4c(cnn4-c4ccc(F)cc4)C[C@]3(C(=O)c3ncc(C(F)(F)F)s3)C2)n1. The van der Waals surface area contributed by atoms with Gasteiger partial charge in [0.15, 0.2) is 10.0 Å². The summed E-state index contributed by atoms with van der Waals surface area (Å²) in [4.78, 5) is 17.2. The highest BCUT2D eigenvalue weighted by Crippen LogP contribution is 2.54. The van der Waals surface area contributed by atoms with Crippen LogP contribution in [-0.2, 0) is 29.7 Å². The second kappa shape index (κ2) is 10.8. The van der Waals surface area contributed by atoms with Crippen molar-refractivity contribution >= 4 is 33.2 Å². The molecule has 4 aromatic rings. The van der Waals surface area contributed by atoms with Crippen LogP contribution < -0.4 is 0 Å². The molecule has 0 bridgehead atoms. The number of nitrogens with zero attached hydrogens (tertiary/aromatic N) is 6. The molecule has 9 nitrogen and oxygen atoms in total. The number of ketones is 1. The van der Waals surface area contributed by atoms with Crippen molar-refractivity contribution in [3.05, 3.63) is 81.5 Å². The van der Waals surface area contributed by atoms with Crippen molar-refractivity contribution in [2.24, 2.45) is 12.5 Å². The van der Waals surface area contributed by atoms with Crippen molar-refractivity contribution in [1.82, 2.24) is 28.9 Å². The topological polar surface area (TPSA) is 103 Å². The van der Waals surface area contributed by atoms with Gasteiger partial charge in [-0.05, 0) is 67.7 Å². The minimum Gasteiger partial charge on any atom is -0.290 e. The first-order valence-electron chi connectivity index (χ1n) is 14.6. The predicted molar refractivity (Wildman–Crippen MR) is 157 cm³/mol. The van der Waals surface area contributed by atoms with E-state index in [2.05, 4.69) is 15.2 Å². The van der Waals surface area contributed by atoms with Gasteiger partial charge in [-0.3, -0.25) is 9.48 Å². The number of Topliss-reactive ketones (excluding diaryl/α,β-unsaturated/α-hetero) is 1. The van der Waals surface area contributed by atoms with Crippen LogP contribution in [0.2, 0.25) is 0 Å². The summed E-state index contributed by atoms with van der Waals surface area (Å²) in [5, 5.41) is 7.72. The van der Waals surface area contributed by atoms with Crippen LogP contribution in [0.1, 0.15) is 58.0 Å². The summed E-state index contributed by atoms with van der Waals surface area (Å²) in [6.45, 7) is 0. The molecule has 0 amide bonds. The number of alkyl halides is 5. The van der Waals surface area contributed by atoms with E-state index < -0.39 is 73.9 Å². The Balaban J connectivity index is 1.33. The van der Waals surface area contributed by atoms with E-state index in [4.69, 9.17) is 0 Å². The molecule has 0 saturated heterocycles. The van der Waals surface area contributed by atoms with Crippen LogP contribution in [-0.4, -0.2) is 61.1 Å². The molecule has 3 aliphatic carbocycles. The van der Waals surface area contributed by atoms with Crippen molar-refractivity contribution in [3.63, 3.8) is 0 Å². The monoisotopic (exact) mass is 696 g/mol. The fourth-order valence-corrected chi connectivity index (χ4v) is 9.56. The first-order valence-corrected chi connectivity index (χ1v) is 16.9. The molecular weight excluding hydrogens is 670 g/mol. The molecule has 0 radical (unpaired) electrons. The minimum atomic E-state index is -4.74. The summed E-state index contributed by atoms with van der Waals surface area (Å²) in [5.41, 5.74) is 0.657. The average molecular weight is 697 g/mol. The Morgan fingerprint density at radius 2 is 1.79 bits per heavy atom. The largest absolute Gasteiger partial charge is 0.427 e. The summed E-state index contributed by atoms with van der Waals surface area (Å²) >= 11 is 0.200. The van der Waals surface area contributed by atoms with Gasteiger partial charge in [-0.2, -0.15) is 27.7 Å². The van der Waals surface area contributed by atoms with Crippen LogP contribution in [0, 0.1) is 11.2 Å². The number of benzene rings is 1. The minimum absolute atomic E-state index is 0.0517. The van der Waals surface area contributed by atoms with Gasteiger partial charge in [-0.25, -0.2) is 31.3 Å². The highest BCUT2D eigenvalue weighted by molar-refractivity contribution is 7.89. The molecule has 1 aromatic carbocycles. The number of aromatic nitrogens is 5. The lowest BCUT2D eigenvalue weighted by Gasteiger charge is -2.50. The lowest BCUT2D eigenvalue weighted by molar-refractivity contribution is -0.134. The molecule has 2 fully saturated rings. The third-order valence-electron chi connectivity index (χ3n) is 9.14. The van der Waals surface area contributed by atoms with Crippen LogP contribution in [0.25, 0.3) is 11.8 Å². The number of fused-ring (bicyclic) bond motifs is 2. The van der Waals surface area contributed by atoms with Crippen molar-refractivity contribution in [3.8, 4) is 5.69 Å². The molecule has 0 N–H and O–H groups in total. The number of rotatable bonds is 7. The Hall–Kier alpha value is -3.83. The van der Waals surface area contributed by atoms with Gasteiger partial charge in [0.25, 0.3) is 15.9 Å². The van der Waals surface area contributed by atoms with E-state index in [1.54, 1.807) is 10.8 Å². The number of allylic oxidation sites excluding steroid dienone is 1. The van der Waals surface area contributed by atoms with Gasteiger partial charge in [0.2, 0.25) is 5.78 Å². The van der Waals surface area contributed by atoms with Crippen LogP contribution in [0.4, 0.5) is 26.3 Å². The third kappa shape index (κ3) is 5.41. The number of hydrogen-bond acceptors (Lipinski definition) is 7. The van der Waals surface area contributed by atoms with E-state index in [9.17, 15) is 39.6 Å². The maximum absolute atomic E-state index is 14.4. The zero-order valence-electron chi connectivity index (χ0n) is 24.6. The highest BCUT2D eigenvalue weighted by Gasteiger charge is 2.57. The summed E-state index contributed by atoms with van der Waals surface area (Å²) in [7, 11) is -2.91. The van der Waals surface area contributed by atoms with Gasteiger partial charge in [-0.15, -0.1) is 11.3 Å². The third-order valence-corrected chi connectivity index (χ3v) is 12.1. The lowest BCUT2D eigenvalue weighted by atomic mass is 9.60. The maximum Gasteiger partial charge on any atom is 0.427 e.